The Hall–Kier alpha value is -0.120. The zero-order valence-corrected chi connectivity index (χ0v) is 7.26. The van der Waals surface area contributed by atoms with Gasteiger partial charge >= 0.3 is 0 Å². The first kappa shape index (κ1) is 8.97. The van der Waals surface area contributed by atoms with E-state index in [1.807, 2.05) is 0 Å². The minimum absolute atomic E-state index is 0.469. The van der Waals surface area contributed by atoms with Crippen molar-refractivity contribution in [3.05, 3.63) is 0 Å². The summed E-state index contributed by atoms with van der Waals surface area (Å²) in [5.74, 6) is 0. The van der Waals surface area contributed by atoms with Crippen LogP contribution in [-0.4, -0.2) is 29.5 Å². The standard InChI is InChI=1S/C8H17NO2/c1-7(2,10)8(9)4-3-5-11-6-8/h10H,3-6,9H2,1-2H3. The molecule has 0 saturated carbocycles. The van der Waals surface area contributed by atoms with E-state index in [1.165, 1.54) is 0 Å². The molecule has 3 nitrogen and oxygen atoms in total. The molecule has 0 aromatic carbocycles. The lowest BCUT2D eigenvalue weighted by Gasteiger charge is -2.42. The lowest BCUT2D eigenvalue weighted by molar-refractivity contribution is -0.0755. The van der Waals surface area contributed by atoms with Crippen molar-refractivity contribution < 1.29 is 9.84 Å². The van der Waals surface area contributed by atoms with Gasteiger partial charge in [0.15, 0.2) is 0 Å². The van der Waals surface area contributed by atoms with Gasteiger partial charge in [0, 0.05) is 6.61 Å². The third-order valence-electron chi connectivity index (χ3n) is 2.49. The van der Waals surface area contributed by atoms with Crippen molar-refractivity contribution >= 4 is 0 Å². The Labute approximate surface area is 67.5 Å². The zero-order chi connectivity index (χ0) is 8.54. The molecular weight excluding hydrogens is 142 g/mol. The molecule has 1 fully saturated rings. The van der Waals surface area contributed by atoms with E-state index in [0.29, 0.717) is 6.61 Å². The minimum Gasteiger partial charge on any atom is -0.388 e. The van der Waals surface area contributed by atoms with Crippen molar-refractivity contribution in [2.24, 2.45) is 5.73 Å². The second-order valence-corrected chi connectivity index (χ2v) is 3.87. The van der Waals surface area contributed by atoms with Crippen LogP contribution in [0.5, 0.6) is 0 Å². The van der Waals surface area contributed by atoms with Gasteiger partial charge in [-0.15, -0.1) is 0 Å². The van der Waals surface area contributed by atoms with Crippen LogP contribution in [0, 0.1) is 0 Å². The summed E-state index contributed by atoms with van der Waals surface area (Å²) in [5, 5.41) is 9.70. The zero-order valence-electron chi connectivity index (χ0n) is 7.26. The van der Waals surface area contributed by atoms with Gasteiger partial charge in [0.05, 0.1) is 17.7 Å². The van der Waals surface area contributed by atoms with Gasteiger partial charge in [-0.25, -0.2) is 0 Å². The fraction of sp³-hybridized carbons (Fsp3) is 1.00. The minimum atomic E-state index is -0.840. The fourth-order valence-corrected chi connectivity index (χ4v) is 1.30. The van der Waals surface area contributed by atoms with Gasteiger partial charge in [-0.05, 0) is 26.7 Å². The molecule has 1 saturated heterocycles. The Morgan fingerprint density at radius 2 is 2.18 bits per heavy atom. The highest BCUT2D eigenvalue weighted by Crippen LogP contribution is 2.27. The molecule has 0 aromatic heterocycles. The molecule has 1 atom stereocenters. The molecular formula is C8H17NO2. The Morgan fingerprint density at radius 3 is 2.45 bits per heavy atom. The average molecular weight is 159 g/mol. The van der Waals surface area contributed by atoms with Crippen LogP contribution in [0.25, 0.3) is 0 Å². The molecule has 0 amide bonds. The quantitative estimate of drug-likeness (QED) is 0.577. The second-order valence-electron chi connectivity index (χ2n) is 3.87. The number of rotatable bonds is 1. The summed E-state index contributed by atoms with van der Waals surface area (Å²) in [6.07, 6.45) is 1.79. The van der Waals surface area contributed by atoms with Gasteiger partial charge in [0.2, 0.25) is 0 Å². The first-order chi connectivity index (χ1) is 4.96. The van der Waals surface area contributed by atoms with Crippen LogP contribution >= 0.6 is 0 Å². The number of ether oxygens (including phenoxy) is 1. The van der Waals surface area contributed by atoms with Crippen molar-refractivity contribution in [2.45, 2.75) is 37.8 Å². The van der Waals surface area contributed by atoms with Gasteiger partial charge in [-0.2, -0.15) is 0 Å². The Balaban J connectivity index is 2.64. The van der Waals surface area contributed by atoms with Gasteiger partial charge in [0.25, 0.3) is 0 Å². The highest BCUT2D eigenvalue weighted by Gasteiger charge is 2.41. The highest BCUT2D eigenvalue weighted by atomic mass is 16.5. The van der Waals surface area contributed by atoms with E-state index in [2.05, 4.69) is 0 Å². The van der Waals surface area contributed by atoms with Crippen molar-refractivity contribution in [3.63, 3.8) is 0 Å². The van der Waals surface area contributed by atoms with Crippen molar-refractivity contribution in [2.75, 3.05) is 13.2 Å². The molecule has 1 aliphatic heterocycles. The molecule has 0 bridgehead atoms. The van der Waals surface area contributed by atoms with Crippen molar-refractivity contribution in [1.82, 2.24) is 0 Å². The van der Waals surface area contributed by atoms with E-state index in [-0.39, 0.29) is 0 Å². The number of hydrogen-bond acceptors (Lipinski definition) is 3. The molecule has 1 rings (SSSR count). The summed E-state index contributed by atoms with van der Waals surface area (Å²) < 4.78 is 5.23. The monoisotopic (exact) mass is 159 g/mol. The fourth-order valence-electron chi connectivity index (χ4n) is 1.30. The first-order valence-corrected chi connectivity index (χ1v) is 4.05. The van der Waals surface area contributed by atoms with Crippen LogP contribution in [0.2, 0.25) is 0 Å². The SMILES string of the molecule is CC(C)(O)C1(N)CCCOC1. The summed E-state index contributed by atoms with van der Waals surface area (Å²) >= 11 is 0. The summed E-state index contributed by atoms with van der Waals surface area (Å²) in [6, 6.07) is 0. The summed E-state index contributed by atoms with van der Waals surface area (Å²) in [5.41, 5.74) is 4.57. The van der Waals surface area contributed by atoms with Crippen LogP contribution in [0.15, 0.2) is 0 Å². The third kappa shape index (κ3) is 1.72. The molecule has 1 aliphatic rings. The first-order valence-electron chi connectivity index (χ1n) is 4.05. The molecule has 3 heteroatoms. The summed E-state index contributed by atoms with van der Waals surface area (Å²) in [6.45, 7) is 4.72. The molecule has 0 radical (unpaired) electrons. The number of hydrogen-bond donors (Lipinski definition) is 2. The molecule has 3 N–H and O–H groups in total. The molecule has 0 aromatic rings. The Kier molecular flexibility index (Phi) is 2.23. The molecule has 1 heterocycles. The number of nitrogens with two attached hydrogens (primary N) is 1. The maximum Gasteiger partial charge on any atom is 0.0793 e. The molecule has 66 valence electrons. The van der Waals surface area contributed by atoms with Crippen molar-refractivity contribution in [3.8, 4) is 0 Å². The lowest BCUT2D eigenvalue weighted by Crippen LogP contribution is -2.62. The van der Waals surface area contributed by atoms with E-state index in [4.69, 9.17) is 10.5 Å². The smallest absolute Gasteiger partial charge is 0.0793 e. The molecule has 0 aliphatic carbocycles. The molecule has 1 unspecified atom stereocenters. The normalized spacial score (nSPS) is 33.8. The summed E-state index contributed by atoms with van der Waals surface area (Å²) in [4.78, 5) is 0. The van der Waals surface area contributed by atoms with Gasteiger partial charge in [0.1, 0.15) is 0 Å². The Morgan fingerprint density at radius 1 is 1.55 bits per heavy atom. The highest BCUT2D eigenvalue weighted by molar-refractivity contribution is 4.99. The Bertz CT molecular complexity index is 134. The third-order valence-corrected chi connectivity index (χ3v) is 2.49. The topological polar surface area (TPSA) is 55.5 Å². The van der Waals surface area contributed by atoms with Crippen LogP contribution in [0.1, 0.15) is 26.7 Å². The van der Waals surface area contributed by atoms with E-state index in [9.17, 15) is 5.11 Å². The van der Waals surface area contributed by atoms with Gasteiger partial charge in [-0.1, -0.05) is 0 Å². The maximum absolute atomic E-state index is 9.70. The largest absolute Gasteiger partial charge is 0.388 e. The van der Waals surface area contributed by atoms with Gasteiger partial charge < -0.3 is 15.6 Å². The molecule has 11 heavy (non-hydrogen) atoms. The van der Waals surface area contributed by atoms with E-state index < -0.39 is 11.1 Å². The maximum atomic E-state index is 9.70. The van der Waals surface area contributed by atoms with Crippen LogP contribution in [-0.2, 0) is 4.74 Å². The lowest BCUT2D eigenvalue weighted by atomic mass is 9.79. The van der Waals surface area contributed by atoms with E-state index in [1.54, 1.807) is 13.8 Å². The van der Waals surface area contributed by atoms with Crippen LogP contribution < -0.4 is 5.73 Å². The van der Waals surface area contributed by atoms with E-state index in [0.717, 1.165) is 19.4 Å². The van der Waals surface area contributed by atoms with Crippen LogP contribution in [0.3, 0.4) is 0 Å². The predicted molar refractivity (Wildman–Crippen MR) is 43.3 cm³/mol. The number of aliphatic hydroxyl groups is 1. The predicted octanol–water partition coefficient (Wildman–Crippen LogP) is 0.265. The van der Waals surface area contributed by atoms with E-state index >= 15 is 0 Å². The summed E-state index contributed by atoms with van der Waals surface area (Å²) in [7, 11) is 0. The van der Waals surface area contributed by atoms with Crippen molar-refractivity contribution in [1.29, 1.82) is 0 Å². The average Bonchev–Trinajstić information content (AvgIpc) is 1.87. The van der Waals surface area contributed by atoms with Crippen LogP contribution in [0.4, 0.5) is 0 Å². The second kappa shape index (κ2) is 2.73. The molecule has 0 spiro atoms. The van der Waals surface area contributed by atoms with Gasteiger partial charge in [-0.3, -0.25) is 0 Å².